The fourth-order valence-corrected chi connectivity index (χ4v) is 3.63. The molecule has 0 bridgehead atoms. The molecule has 0 aromatic heterocycles. The lowest BCUT2D eigenvalue weighted by Gasteiger charge is -2.36. The van der Waals surface area contributed by atoms with Gasteiger partial charge in [0.05, 0.1) is 43.0 Å². The first-order chi connectivity index (χ1) is 15.3. The van der Waals surface area contributed by atoms with Gasteiger partial charge in [-0.05, 0) is 18.6 Å². The first-order valence-electron chi connectivity index (χ1n) is 9.38. The summed E-state index contributed by atoms with van der Waals surface area (Å²) in [5, 5.41) is 9.94. The molecular formula is C23H19F2N3O4. The van der Waals surface area contributed by atoms with Gasteiger partial charge in [0.1, 0.15) is 23.2 Å². The van der Waals surface area contributed by atoms with Crippen molar-refractivity contribution in [2.24, 2.45) is 5.73 Å². The summed E-state index contributed by atoms with van der Waals surface area (Å²) >= 11 is 0. The molecule has 3 rings (SSSR count). The zero-order valence-electron chi connectivity index (χ0n) is 17.5. The number of anilines is 1. The number of hydrogen-bond acceptors (Lipinski definition) is 7. The van der Waals surface area contributed by atoms with Crippen molar-refractivity contribution in [3.8, 4) is 6.07 Å². The molecule has 7 nitrogen and oxygen atoms in total. The van der Waals surface area contributed by atoms with Crippen molar-refractivity contribution >= 4 is 17.6 Å². The Hall–Kier alpha value is -4.19. The third-order valence-corrected chi connectivity index (χ3v) is 5.13. The van der Waals surface area contributed by atoms with E-state index in [-0.39, 0.29) is 28.2 Å². The molecule has 0 spiro atoms. The predicted octanol–water partition coefficient (Wildman–Crippen LogP) is 3.17. The molecule has 0 amide bonds. The second-order valence-electron chi connectivity index (χ2n) is 6.87. The van der Waals surface area contributed by atoms with Crippen LogP contribution >= 0.6 is 0 Å². The van der Waals surface area contributed by atoms with Crippen molar-refractivity contribution in [2.45, 2.75) is 12.8 Å². The lowest BCUT2D eigenvalue weighted by atomic mass is 9.80. The molecular weight excluding hydrogens is 420 g/mol. The molecule has 1 unspecified atom stereocenters. The maximum atomic E-state index is 14.4. The van der Waals surface area contributed by atoms with Crippen LogP contribution in [0, 0.1) is 29.9 Å². The van der Waals surface area contributed by atoms with Crippen molar-refractivity contribution in [3.05, 3.63) is 87.9 Å². The highest BCUT2D eigenvalue weighted by molar-refractivity contribution is 6.06. The lowest BCUT2D eigenvalue weighted by molar-refractivity contribution is -0.139. The van der Waals surface area contributed by atoms with Crippen LogP contribution in [0.5, 0.6) is 0 Å². The third kappa shape index (κ3) is 3.67. The molecule has 2 aromatic rings. The number of carbonyl (C=O) groups excluding carboxylic acids is 2. The van der Waals surface area contributed by atoms with E-state index in [2.05, 4.69) is 0 Å². The van der Waals surface area contributed by atoms with Crippen LogP contribution in [0.25, 0.3) is 0 Å². The average molecular weight is 439 g/mol. The number of carbonyl (C=O) groups is 2. The molecule has 1 aliphatic rings. The van der Waals surface area contributed by atoms with E-state index in [9.17, 15) is 23.6 Å². The number of nitrogens with two attached hydrogens (primary N) is 1. The minimum atomic E-state index is -1.07. The average Bonchev–Trinajstić information content (AvgIpc) is 2.80. The fourth-order valence-electron chi connectivity index (χ4n) is 3.63. The fraction of sp³-hybridized carbons (Fsp3) is 0.174. The Kier molecular flexibility index (Phi) is 6.25. The van der Waals surface area contributed by atoms with Crippen LogP contribution in [0.1, 0.15) is 17.0 Å². The molecule has 1 heterocycles. The highest BCUT2D eigenvalue weighted by Gasteiger charge is 2.43. The number of hydrogen-bond donors (Lipinski definition) is 1. The largest absolute Gasteiger partial charge is 0.466 e. The zero-order valence-corrected chi connectivity index (χ0v) is 17.5. The van der Waals surface area contributed by atoms with Gasteiger partial charge in [-0.2, -0.15) is 5.26 Å². The number of halogens is 2. The quantitative estimate of drug-likeness (QED) is 0.730. The Morgan fingerprint density at radius 2 is 1.72 bits per heavy atom. The van der Waals surface area contributed by atoms with E-state index < -0.39 is 35.2 Å². The van der Waals surface area contributed by atoms with E-state index in [1.165, 1.54) is 6.92 Å². The summed E-state index contributed by atoms with van der Waals surface area (Å²) in [4.78, 5) is 26.8. The summed E-state index contributed by atoms with van der Waals surface area (Å²) in [7, 11) is 2.19. The summed E-state index contributed by atoms with van der Waals surface area (Å²) in [5.74, 6) is -5.13. The molecule has 32 heavy (non-hydrogen) atoms. The van der Waals surface area contributed by atoms with Crippen LogP contribution in [0.2, 0.25) is 0 Å². The summed E-state index contributed by atoms with van der Waals surface area (Å²) in [6.07, 6.45) is 0. The highest BCUT2D eigenvalue weighted by Crippen LogP contribution is 2.44. The van der Waals surface area contributed by atoms with Gasteiger partial charge >= 0.3 is 11.9 Å². The van der Waals surface area contributed by atoms with Crippen LogP contribution in [0.3, 0.4) is 0 Å². The predicted molar refractivity (Wildman–Crippen MR) is 111 cm³/mol. The lowest BCUT2D eigenvalue weighted by Crippen LogP contribution is -2.41. The number of nitrogens with zero attached hydrogens (tertiary/aromatic N) is 2. The van der Waals surface area contributed by atoms with Gasteiger partial charge in [-0.3, -0.25) is 4.90 Å². The number of ether oxygens (including phenoxy) is 2. The van der Waals surface area contributed by atoms with Gasteiger partial charge in [-0.15, -0.1) is 0 Å². The van der Waals surface area contributed by atoms with E-state index >= 15 is 0 Å². The van der Waals surface area contributed by atoms with E-state index in [4.69, 9.17) is 15.2 Å². The summed E-state index contributed by atoms with van der Waals surface area (Å²) in [6, 6.07) is 12.0. The zero-order chi connectivity index (χ0) is 23.6. The SMILES string of the molecule is COC(=O)C1=C(C(=O)OC)N(c2cc(F)cc(F)c2C)C(N)=C(C#N)C1c1ccccc1. The number of esters is 2. The number of allylic oxidation sites excluding steroid dienone is 1. The van der Waals surface area contributed by atoms with E-state index in [1.807, 2.05) is 6.07 Å². The number of rotatable bonds is 4. The normalized spacial score (nSPS) is 16.0. The van der Waals surface area contributed by atoms with Crippen LogP contribution in [-0.4, -0.2) is 26.2 Å². The first-order valence-corrected chi connectivity index (χ1v) is 9.38. The molecule has 0 fully saturated rings. The van der Waals surface area contributed by atoms with Crippen LogP contribution < -0.4 is 10.6 Å². The molecule has 0 radical (unpaired) electrons. The van der Waals surface area contributed by atoms with Gasteiger partial charge in [0.25, 0.3) is 0 Å². The standard InChI is InChI=1S/C23H19F2N3O4/c1-12-16(25)9-14(24)10-17(12)28-20(23(30)32-3)19(22(29)31-2)18(15(11-26)21(28)27)13-7-5-4-6-8-13/h4-10,18H,27H2,1-3H3. The van der Waals surface area contributed by atoms with E-state index in [0.29, 0.717) is 11.6 Å². The third-order valence-electron chi connectivity index (χ3n) is 5.13. The Labute approximate surface area is 182 Å². The molecule has 0 saturated carbocycles. The highest BCUT2D eigenvalue weighted by atomic mass is 19.1. The van der Waals surface area contributed by atoms with Gasteiger partial charge in [-0.1, -0.05) is 30.3 Å². The van der Waals surface area contributed by atoms with E-state index in [1.54, 1.807) is 30.3 Å². The summed E-state index contributed by atoms with van der Waals surface area (Å²) in [6.45, 7) is 1.35. The Bertz CT molecular complexity index is 1200. The van der Waals surface area contributed by atoms with Gasteiger partial charge in [0.15, 0.2) is 0 Å². The van der Waals surface area contributed by atoms with Crippen molar-refractivity contribution in [1.82, 2.24) is 0 Å². The van der Waals surface area contributed by atoms with Crippen molar-refractivity contribution in [1.29, 1.82) is 5.26 Å². The maximum absolute atomic E-state index is 14.4. The minimum absolute atomic E-state index is 0.0598. The molecule has 0 saturated heterocycles. The molecule has 164 valence electrons. The maximum Gasteiger partial charge on any atom is 0.355 e. The van der Waals surface area contributed by atoms with Gasteiger partial charge < -0.3 is 15.2 Å². The van der Waals surface area contributed by atoms with Crippen LogP contribution in [0.15, 0.2) is 65.1 Å². The second-order valence-corrected chi connectivity index (χ2v) is 6.87. The summed E-state index contributed by atoms with van der Waals surface area (Å²) < 4.78 is 38.3. The van der Waals surface area contributed by atoms with Crippen molar-refractivity contribution in [3.63, 3.8) is 0 Å². The second kappa shape index (κ2) is 8.89. The molecule has 0 aliphatic carbocycles. The topological polar surface area (TPSA) is 106 Å². The Morgan fingerprint density at radius 3 is 2.28 bits per heavy atom. The Morgan fingerprint density at radius 1 is 1.09 bits per heavy atom. The molecule has 1 atom stereocenters. The summed E-state index contributed by atoms with van der Waals surface area (Å²) in [5.41, 5.74) is 5.79. The number of methoxy groups -OCH3 is 2. The number of benzene rings is 2. The Balaban J connectivity index is 2.47. The van der Waals surface area contributed by atoms with Crippen molar-refractivity contribution < 1.29 is 27.8 Å². The van der Waals surface area contributed by atoms with Crippen molar-refractivity contribution in [2.75, 3.05) is 19.1 Å². The molecule has 1 aliphatic heterocycles. The minimum Gasteiger partial charge on any atom is -0.466 e. The van der Waals surface area contributed by atoms with Crippen LogP contribution in [0.4, 0.5) is 14.5 Å². The van der Waals surface area contributed by atoms with Crippen LogP contribution in [-0.2, 0) is 19.1 Å². The monoisotopic (exact) mass is 439 g/mol. The molecule has 2 aromatic carbocycles. The molecule has 9 heteroatoms. The number of nitriles is 1. The first kappa shape index (κ1) is 22.5. The van der Waals surface area contributed by atoms with Gasteiger partial charge in [-0.25, -0.2) is 18.4 Å². The smallest absolute Gasteiger partial charge is 0.355 e. The molecule has 2 N–H and O–H groups in total. The van der Waals surface area contributed by atoms with Gasteiger partial charge in [0, 0.05) is 11.6 Å². The van der Waals surface area contributed by atoms with Gasteiger partial charge in [0.2, 0.25) is 0 Å². The van der Waals surface area contributed by atoms with E-state index in [0.717, 1.165) is 25.2 Å².